The molecular formula is C10H14N2O. The van der Waals surface area contributed by atoms with Crippen LogP contribution in [0.5, 0.6) is 0 Å². The second kappa shape index (κ2) is 3.34. The Morgan fingerprint density at radius 3 is 2.92 bits per heavy atom. The average Bonchev–Trinajstić information content (AvgIpc) is 2.53. The van der Waals surface area contributed by atoms with E-state index < -0.39 is 0 Å². The fraction of sp³-hybridized carbons (Fsp3) is 0.500. The van der Waals surface area contributed by atoms with E-state index in [1.54, 1.807) is 0 Å². The number of aryl methyl sites for hydroxylation is 1. The van der Waals surface area contributed by atoms with Crippen molar-refractivity contribution in [3.63, 3.8) is 0 Å². The molecule has 13 heavy (non-hydrogen) atoms. The van der Waals surface area contributed by atoms with Crippen molar-refractivity contribution in [1.29, 1.82) is 0 Å². The summed E-state index contributed by atoms with van der Waals surface area (Å²) in [6.45, 7) is 3.66. The lowest BCUT2D eigenvalue weighted by atomic mass is 10.3. The smallest absolute Gasteiger partial charge is 0.128 e. The number of aliphatic hydroxyl groups is 1. The molecule has 0 radical (unpaired) electrons. The molecule has 1 aliphatic heterocycles. The first-order valence-electron chi connectivity index (χ1n) is 4.61. The first-order valence-corrected chi connectivity index (χ1v) is 4.61. The number of β-amino-alcohol motifs (C(OH)–C–C–N with tert-alkyl or cyclic N) is 1. The average molecular weight is 178 g/mol. The minimum absolute atomic E-state index is 0.178. The van der Waals surface area contributed by atoms with E-state index in [1.165, 1.54) is 5.56 Å². The zero-order chi connectivity index (χ0) is 9.26. The SMILES string of the molecule is Cc1ccc(N2CCC(O)C2)nc1. The molecule has 0 spiro atoms. The zero-order valence-electron chi connectivity index (χ0n) is 7.77. The van der Waals surface area contributed by atoms with Gasteiger partial charge in [-0.1, -0.05) is 6.07 Å². The highest BCUT2D eigenvalue weighted by Gasteiger charge is 2.20. The summed E-state index contributed by atoms with van der Waals surface area (Å²) in [5.74, 6) is 0.974. The molecule has 1 saturated heterocycles. The molecule has 0 aliphatic carbocycles. The predicted octanol–water partition coefficient (Wildman–Crippen LogP) is 0.961. The van der Waals surface area contributed by atoms with Gasteiger partial charge < -0.3 is 10.0 Å². The van der Waals surface area contributed by atoms with Crippen LogP contribution in [0.1, 0.15) is 12.0 Å². The van der Waals surface area contributed by atoms with Gasteiger partial charge in [0.25, 0.3) is 0 Å². The van der Waals surface area contributed by atoms with Crippen LogP contribution in [0.15, 0.2) is 18.3 Å². The molecule has 0 bridgehead atoms. The van der Waals surface area contributed by atoms with Crippen molar-refractivity contribution in [3.05, 3.63) is 23.9 Å². The van der Waals surface area contributed by atoms with Gasteiger partial charge in [0.2, 0.25) is 0 Å². The molecule has 0 amide bonds. The third-order valence-corrected chi connectivity index (χ3v) is 2.38. The van der Waals surface area contributed by atoms with Gasteiger partial charge in [-0.15, -0.1) is 0 Å². The molecule has 1 aromatic rings. The topological polar surface area (TPSA) is 36.4 Å². The standard InChI is InChI=1S/C10H14N2O/c1-8-2-3-10(11-6-8)12-5-4-9(13)7-12/h2-3,6,9,13H,4-5,7H2,1H3. The minimum Gasteiger partial charge on any atom is -0.391 e. The Morgan fingerprint density at radius 1 is 1.54 bits per heavy atom. The zero-order valence-corrected chi connectivity index (χ0v) is 7.77. The van der Waals surface area contributed by atoms with Gasteiger partial charge in [0.05, 0.1) is 6.10 Å². The van der Waals surface area contributed by atoms with Crippen LogP contribution in [0.3, 0.4) is 0 Å². The third kappa shape index (κ3) is 1.80. The fourth-order valence-electron chi connectivity index (χ4n) is 1.60. The lowest BCUT2D eigenvalue weighted by Gasteiger charge is -2.15. The Morgan fingerprint density at radius 2 is 2.38 bits per heavy atom. The monoisotopic (exact) mass is 178 g/mol. The second-order valence-electron chi connectivity index (χ2n) is 3.58. The van der Waals surface area contributed by atoms with Gasteiger partial charge in [-0.25, -0.2) is 4.98 Å². The van der Waals surface area contributed by atoms with E-state index in [2.05, 4.69) is 9.88 Å². The molecule has 3 nitrogen and oxygen atoms in total. The van der Waals surface area contributed by atoms with E-state index in [4.69, 9.17) is 0 Å². The maximum absolute atomic E-state index is 9.35. The van der Waals surface area contributed by atoms with Crippen LogP contribution < -0.4 is 4.90 Å². The van der Waals surface area contributed by atoms with Gasteiger partial charge in [-0.05, 0) is 25.0 Å². The first-order chi connectivity index (χ1) is 6.25. The summed E-state index contributed by atoms with van der Waals surface area (Å²) in [4.78, 5) is 6.42. The van der Waals surface area contributed by atoms with Gasteiger partial charge >= 0.3 is 0 Å². The third-order valence-electron chi connectivity index (χ3n) is 2.38. The Hall–Kier alpha value is -1.09. The number of nitrogens with zero attached hydrogens (tertiary/aromatic N) is 2. The van der Waals surface area contributed by atoms with E-state index in [1.807, 2.05) is 25.3 Å². The van der Waals surface area contributed by atoms with Gasteiger partial charge in [-0.3, -0.25) is 0 Å². The number of hydrogen-bond donors (Lipinski definition) is 1. The molecular weight excluding hydrogens is 164 g/mol. The van der Waals surface area contributed by atoms with Crippen LogP contribution in [0.25, 0.3) is 0 Å². The predicted molar refractivity (Wildman–Crippen MR) is 51.8 cm³/mol. The number of aliphatic hydroxyl groups excluding tert-OH is 1. The van der Waals surface area contributed by atoms with Crippen molar-refractivity contribution in [1.82, 2.24) is 4.98 Å². The number of anilines is 1. The molecule has 1 fully saturated rings. The molecule has 0 saturated carbocycles. The molecule has 1 unspecified atom stereocenters. The summed E-state index contributed by atoms with van der Waals surface area (Å²) in [5, 5.41) is 9.35. The largest absolute Gasteiger partial charge is 0.391 e. The molecule has 3 heteroatoms. The summed E-state index contributed by atoms with van der Waals surface area (Å²) in [6, 6.07) is 4.06. The van der Waals surface area contributed by atoms with Crippen molar-refractivity contribution in [3.8, 4) is 0 Å². The quantitative estimate of drug-likeness (QED) is 0.696. The van der Waals surface area contributed by atoms with Gasteiger partial charge in [0.1, 0.15) is 5.82 Å². The van der Waals surface area contributed by atoms with Crippen molar-refractivity contribution in [2.24, 2.45) is 0 Å². The van der Waals surface area contributed by atoms with Crippen LogP contribution in [-0.2, 0) is 0 Å². The summed E-state index contributed by atoms with van der Waals surface area (Å²) >= 11 is 0. The number of rotatable bonds is 1. The molecule has 2 heterocycles. The number of aromatic nitrogens is 1. The van der Waals surface area contributed by atoms with Crippen LogP contribution in [0.4, 0.5) is 5.82 Å². The molecule has 70 valence electrons. The molecule has 0 aromatic carbocycles. The first kappa shape index (κ1) is 8.51. The van der Waals surface area contributed by atoms with E-state index in [0.717, 1.165) is 25.3 Å². The normalized spacial score (nSPS) is 22.3. The Bertz CT molecular complexity index is 283. The highest BCUT2D eigenvalue weighted by molar-refractivity contribution is 5.40. The molecule has 1 N–H and O–H groups in total. The lowest BCUT2D eigenvalue weighted by molar-refractivity contribution is 0.198. The van der Waals surface area contributed by atoms with Gasteiger partial charge in [0.15, 0.2) is 0 Å². The van der Waals surface area contributed by atoms with Crippen molar-refractivity contribution in [2.45, 2.75) is 19.4 Å². The Balaban J connectivity index is 2.13. The minimum atomic E-state index is -0.178. The van der Waals surface area contributed by atoms with Crippen LogP contribution in [-0.4, -0.2) is 29.3 Å². The van der Waals surface area contributed by atoms with Crippen LogP contribution >= 0.6 is 0 Å². The van der Waals surface area contributed by atoms with E-state index in [9.17, 15) is 5.11 Å². The lowest BCUT2D eigenvalue weighted by Crippen LogP contribution is -2.21. The van der Waals surface area contributed by atoms with E-state index in [-0.39, 0.29) is 6.10 Å². The van der Waals surface area contributed by atoms with Crippen LogP contribution in [0.2, 0.25) is 0 Å². The number of pyridine rings is 1. The number of hydrogen-bond acceptors (Lipinski definition) is 3. The van der Waals surface area contributed by atoms with Crippen LogP contribution in [0, 0.1) is 6.92 Å². The van der Waals surface area contributed by atoms with Crippen molar-refractivity contribution >= 4 is 5.82 Å². The van der Waals surface area contributed by atoms with Gasteiger partial charge in [-0.2, -0.15) is 0 Å². The maximum Gasteiger partial charge on any atom is 0.128 e. The Kier molecular flexibility index (Phi) is 2.19. The second-order valence-corrected chi connectivity index (χ2v) is 3.58. The highest BCUT2D eigenvalue weighted by Crippen LogP contribution is 2.17. The Labute approximate surface area is 78.0 Å². The molecule has 1 atom stereocenters. The fourth-order valence-corrected chi connectivity index (χ4v) is 1.60. The van der Waals surface area contributed by atoms with Crippen molar-refractivity contribution < 1.29 is 5.11 Å². The van der Waals surface area contributed by atoms with Crippen molar-refractivity contribution in [2.75, 3.05) is 18.0 Å². The maximum atomic E-state index is 9.35. The molecule has 1 aliphatic rings. The summed E-state index contributed by atoms with van der Waals surface area (Å²) in [7, 11) is 0. The summed E-state index contributed by atoms with van der Waals surface area (Å²) in [5.41, 5.74) is 1.17. The molecule has 2 rings (SSSR count). The summed E-state index contributed by atoms with van der Waals surface area (Å²) < 4.78 is 0. The molecule has 1 aromatic heterocycles. The van der Waals surface area contributed by atoms with E-state index >= 15 is 0 Å². The summed E-state index contributed by atoms with van der Waals surface area (Å²) in [6.07, 6.45) is 2.54. The van der Waals surface area contributed by atoms with Gasteiger partial charge in [0, 0.05) is 19.3 Å². The van der Waals surface area contributed by atoms with E-state index in [0.29, 0.717) is 0 Å². The highest BCUT2D eigenvalue weighted by atomic mass is 16.3.